The zero-order chi connectivity index (χ0) is 19.1. The van der Waals surface area contributed by atoms with Crippen molar-refractivity contribution in [2.24, 2.45) is 0 Å². The van der Waals surface area contributed by atoms with Gasteiger partial charge in [-0.15, -0.1) is 0 Å². The Kier molecular flexibility index (Phi) is 4.05. The minimum Gasteiger partial charge on any atom is -0.398 e. The summed E-state index contributed by atoms with van der Waals surface area (Å²) in [6, 6.07) is 12.2. The highest BCUT2D eigenvalue weighted by molar-refractivity contribution is 6.11. The van der Waals surface area contributed by atoms with Crippen LogP contribution in [0.15, 0.2) is 42.6 Å². The molecule has 2 aromatic heterocycles. The number of aryl methyl sites for hydroxylation is 4. The summed E-state index contributed by atoms with van der Waals surface area (Å²) in [5.74, 6) is 6.50. The highest BCUT2D eigenvalue weighted by Crippen LogP contribution is 2.29. The predicted octanol–water partition coefficient (Wildman–Crippen LogP) is 5.00. The van der Waals surface area contributed by atoms with E-state index in [2.05, 4.69) is 49.7 Å². The maximum atomic E-state index is 6.21. The third-order valence-corrected chi connectivity index (χ3v) is 4.91. The number of nitrogens with zero attached hydrogens (tertiary/aromatic N) is 2. The van der Waals surface area contributed by atoms with Gasteiger partial charge < -0.3 is 5.73 Å². The molecule has 4 aromatic rings. The summed E-state index contributed by atoms with van der Waals surface area (Å²) in [6.07, 6.45) is 1.80. The van der Waals surface area contributed by atoms with Crippen molar-refractivity contribution in [3.05, 3.63) is 76.1 Å². The number of hydrogen-bond donors (Lipinski definition) is 1. The molecule has 0 aliphatic heterocycles. The Morgan fingerprint density at radius 3 is 2.33 bits per heavy atom. The molecule has 3 heteroatoms. The molecule has 0 radical (unpaired) electrons. The van der Waals surface area contributed by atoms with E-state index in [0.717, 1.165) is 44.3 Å². The number of fused-ring (bicyclic) bond motifs is 3. The molecule has 0 unspecified atom stereocenters. The first kappa shape index (κ1) is 17.1. The summed E-state index contributed by atoms with van der Waals surface area (Å²) in [7, 11) is 0. The number of nitrogens with two attached hydrogens (primary N) is 1. The van der Waals surface area contributed by atoms with E-state index in [4.69, 9.17) is 10.7 Å². The van der Waals surface area contributed by atoms with E-state index in [1.807, 2.05) is 31.2 Å². The van der Waals surface area contributed by atoms with Crippen LogP contribution in [0.4, 0.5) is 5.69 Å². The lowest BCUT2D eigenvalue weighted by Crippen LogP contribution is -1.94. The van der Waals surface area contributed by atoms with E-state index in [9.17, 15) is 0 Å². The van der Waals surface area contributed by atoms with Gasteiger partial charge in [-0.3, -0.25) is 4.98 Å². The molecule has 0 atom stereocenters. The van der Waals surface area contributed by atoms with Crippen LogP contribution in [0, 0.1) is 39.5 Å². The smallest absolute Gasteiger partial charge is 0.114 e. The van der Waals surface area contributed by atoms with Gasteiger partial charge in [0.1, 0.15) is 5.69 Å². The molecule has 4 rings (SSSR count). The van der Waals surface area contributed by atoms with Gasteiger partial charge in [0, 0.05) is 22.0 Å². The number of anilines is 1. The first-order valence-corrected chi connectivity index (χ1v) is 8.98. The Morgan fingerprint density at radius 1 is 0.852 bits per heavy atom. The number of nitrogen functional groups attached to an aromatic ring is 1. The van der Waals surface area contributed by atoms with Gasteiger partial charge >= 0.3 is 0 Å². The standard InChI is InChI=1S/C24H21N3/c1-14-11-16(3)19(17(4)12-14)8-6-18-7-9-20-22(27-18)13-26-24-15(2)5-10-21(25)23(20)24/h5,7,9-13H,25H2,1-4H3. The van der Waals surface area contributed by atoms with Crippen molar-refractivity contribution in [3.63, 3.8) is 0 Å². The topological polar surface area (TPSA) is 51.8 Å². The van der Waals surface area contributed by atoms with Crippen LogP contribution in [0.2, 0.25) is 0 Å². The van der Waals surface area contributed by atoms with Crippen LogP contribution in [0.5, 0.6) is 0 Å². The molecule has 132 valence electrons. The monoisotopic (exact) mass is 351 g/mol. The van der Waals surface area contributed by atoms with Crippen molar-refractivity contribution in [1.29, 1.82) is 0 Å². The summed E-state index contributed by atoms with van der Waals surface area (Å²) in [5, 5.41) is 1.97. The molecule has 3 nitrogen and oxygen atoms in total. The van der Waals surface area contributed by atoms with Gasteiger partial charge in [0.2, 0.25) is 0 Å². The molecule has 0 saturated heterocycles. The summed E-state index contributed by atoms with van der Waals surface area (Å²) in [4.78, 5) is 9.27. The average molecular weight is 351 g/mol. The van der Waals surface area contributed by atoms with Gasteiger partial charge in [0.05, 0.1) is 17.2 Å². The van der Waals surface area contributed by atoms with Crippen LogP contribution in [0.3, 0.4) is 0 Å². The lowest BCUT2D eigenvalue weighted by Gasteiger charge is -2.08. The van der Waals surface area contributed by atoms with Crippen LogP contribution < -0.4 is 5.73 Å². The molecule has 0 aliphatic rings. The Balaban J connectivity index is 1.85. The van der Waals surface area contributed by atoms with Gasteiger partial charge in [0.25, 0.3) is 0 Å². The van der Waals surface area contributed by atoms with E-state index in [1.165, 1.54) is 16.7 Å². The molecule has 0 saturated carbocycles. The first-order valence-electron chi connectivity index (χ1n) is 8.98. The van der Waals surface area contributed by atoms with Crippen LogP contribution in [0.25, 0.3) is 21.8 Å². The maximum Gasteiger partial charge on any atom is 0.114 e. The second kappa shape index (κ2) is 6.41. The average Bonchev–Trinajstić information content (AvgIpc) is 2.63. The lowest BCUT2D eigenvalue weighted by molar-refractivity contribution is 1.29. The highest BCUT2D eigenvalue weighted by atomic mass is 14.8. The first-order chi connectivity index (χ1) is 12.9. The molecule has 2 aromatic carbocycles. The van der Waals surface area contributed by atoms with Crippen LogP contribution in [0.1, 0.15) is 33.5 Å². The molecule has 0 aliphatic carbocycles. The van der Waals surface area contributed by atoms with E-state index in [-0.39, 0.29) is 0 Å². The number of rotatable bonds is 0. The molecule has 27 heavy (non-hydrogen) atoms. The van der Waals surface area contributed by atoms with Crippen LogP contribution >= 0.6 is 0 Å². The van der Waals surface area contributed by atoms with Crippen molar-refractivity contribution >= 4 is 27.5 Å². The zero-order valence-electron chi connectivity index (χ0n) is 16.0. The van der Waals surface area contributed by atoms with Crippen molar-refractivity contribution in [3.8, 4) is 11.8 Å². The van der Waals surface area contributed by atoms with E-state index in [0.29, 0.717) is 0 Å². The molecule has 2 heterocycles. The molecular formula is C24H21N3. The summed E-state index contributed by atoms with van der Waals surface area (Å²) >= 11 is 0. The van der Waals surface area contributed by atoms with Gasteiger partial charge in [-0.05, 0) is 68.5 Å². The van der Waals surface area contributed by atoms with E-state index >= 15 is 0 Å². The van der Waals surface area contributed by atoms with Gasteiger partial charge in [-0.25, -0.2) is 4.98 Å². The number of aromatic nitrogens is 2. The van der Waals surface area contributed by atoms with Gasteiger partial charge in [-0.2, -0.15) is 0 Å². The minimum absolute atomic E-state index is 0.722. The number of hydrogen-bond acceptors (Lipinski definition) is 3. The fourth-order valence-electron chi connectivity index (χ4n) is 3.64. The van der Waals surface area contributed by atoms with Gasteiger partial charge in [0.15, 0.2) is 0 Å². The third kappa shape index (κ3) is 3.00. The molecule has 0 amide bonds. The molecule has 0 bridgehead atoms. The molecule has 2 N–H and O–H groups in total. The number of benzene rings is 2. The fraction of sp³-hybridized carbons (Fsp3) is 0.167. The third-order valence-electron chi connectivity index (χ3n) is 4.91. The predicted molar refractivity (Wildman–Crippen MR) is 113 cm³/mol. The lowest BCUT2D eigenvalue weighted by atomic mass is 10.00. The van der Waals surface area contributed by atoms with Crippen molar-refractivity contribution in [2.45, 2.75) is 27.7 Å². The molecule has 0 spiro atoms. The Morgan fingerprint density at radius 2 is 1.59 bits per heavy atom. The van der Waals surface area contributed by atoms with Crippen molar-refractivity contribution in [1.82, 2.24) is 9.97 Å². The second-order valence-corrected chi connectivity index (χ2v) is 7.11. The van der Waals surface area contributed by atoms with Crippen LogP contribution in [-0.2, 0) is 0 Å². The SMILES string of the molecule is Cc1cc(C)c(C#Cc2ccc3c(cnc4c(C)ccc(N)c43)n2)c(C)c1. The molecule has 0 fully saturated rings. The van der Waals surface area contributed by atoms with Crippen molar-refractivity contribution in [2.75, 3.05) is 5.73 Å². The Hall–Kier alpha value is -3.38. The molecular weight excluding hydrogens is 330 g/mol. The summed E-state index contributed by atoms with van der Waals surface area (Å²) < 4.78 is 0. The maximum absolute atomic E-state index is 6.21. The normalized spacial score (nSPS) is 10.8. The largest absolute Gasteiger partial charge is 0.398 e. The quantitative estimate of drug-likeness (QED) is 0.276. The van der Waals surface area contributed by atoms with E-state index in [1.54, 1.807) is 6.20 Å². The van der Waals surface area contributed by atoms with Crippen molar-refractivity contribution < 1.29 is 0 Å². The van der Waals surface area contributed by atoms with Gasteiger partial charge in [-0.1, -0.05) is 29.7 Å². The highest BCUT2D eigenvalue weighted by Gasteiger charge is 2.09. The van der Waals surface area contributed by atoms with Crippen LogP contribution in [-0.4, -0.2) is 9.97 Å². The fourth-order valence-corrected chi connectivity index (χ4v) is 3.64. The zero-order valence-corrected chi connectivity index (χ0v) is 16.0. The minimum atomic E-state index is 0.722. The number of pyridine rings is 2. The Bertz CT molecular complexity index is 1250. The summed E-state index contributed by atoms with van der Waals surface area (Å²) in [5.41, 5.74) is 15.2. The summed E-state index contributed by atoms with van der Waals surface area (Å²) in [6.45, 7) is 8.34. The second-order valence-electron chi connectivity index (χ2n) is 7.11. The van der Waals surface area contributed by atoms with E-state index < -0.39 is 0 Å². The Labute approximate surface area is 159 Å².